The van der Waals surface area contributed by atoms with Crippen molar-refractivity contribution in [1.82, 2.24) is 14.3 Å². The summed E-state index contributed by atoms with van der Waals surface area (Å²) in [5.74, 6) is 1.70. The Morgan fingerprint density at radius 2 is 1.78 bits per heavy atom. The van der Waals surface area contributed by atoms with Gasteiger partial charge in [0.25, 0.3) is 0 Å². The van der Waals surface area contributed by atoms with Crippen LogP contribution in [0.5, 0.6) is 0 Å². The molecule has 1 aliphatic heterocycles. The van der Waals surface area contributed by atoms with Crippen LogP contribution >= 0.6 is 11.3 Å². The Hall–Kier alpha value is -2.54. The maximum atomic E-state index is 13.2. The lowest BCUT2D eigenvalue weighted by atomic mass is 10.1. The predicted octanol–water partition coefficient (Wildman–Crippen LogP) is 3.65. The molecule has 1 saturated heterocycles. The van der Waals surface area contributed by atoms with E-state index in [0.29, 0.717) is 26.2 Å². The third-order valence-corrected chi connectivity index (χ3v) is 9.46. The number of fused-ring (bicyclic) bond motifs is 3. The zero-order valence-electron chi connectivity index (χ0n) is 18.0. The van der Waals surface area contributed by atoms with Crippen molar-refractivity contribution in [1.29, 1.82) is 5.26 Å². The molecule has 0 spiro atoms. The smallest absolute Gasteiger partial charge is 0.244 e. The molecular weight excluding hydrogens is 442 g/mol. The van der Waals surface area contributed by atoms with Crippen molar-refractivity contribution in [3.05, 3.63) is 46.1 Å². The van der Waals surface area contributed by atoms with Gasteiger partial charge in [0.2, 0.25) is 10.0 Å². The quantitative estimate of drug-likeness (QED) is 0.546. The fourth-order valence-corrected chi connectivity index (χ4v) is 7.58. The van der Waals surface area contributed by atoms with Crippen molar-refractivity contribution in [2.24, 2.45) is 0 Å². The Labute approximate surface area is 192 Å². The Morgan fingerprint density at radius 3 is 2.56 bits per heavy atom. The standard InChI is InChI=1S/C23H25N5O2S2/c1-16-25-22(21-18-8-3-2-4-9-19(18)31-23(21)26-16)27-11-13-28(14-12-27)32(29,30)20-10-6-5-7-17(20)15-24/h5-7,10H,2-4,8-9,11-14H2,1H3. The molecule has 3 heterocycles. The number of nitrogens with zero attached hydrogens (tertiary/aromatic N) is 5. The molecule has 0 saturated carbocycles. The third kappa shape index (κ3) is 3.66. The molecule has 1 aliphatic carbocycles. The summed E-state index contributed by atoms with van der Waals surface area (Å²) in [7, 11) is -3.72. The van der Waals surface area contributed by atoms with E-state index < -0.39 is 10.0 Å². The van der Waals surface area contributed by atoms with E-state index in [1.807, 2.05) is 13.0 Å². The lowest BCUT2D eigenvalue weighted by molar-refractivity contribution is 0.384. The molecule has 3 aromatic rings. The first kappa shape index (κ1) is 21.3. The lowest BCUT2D eigenvalue weighted by Gasteiger charge is -2.35. The number of hydrogen-bond donors (Lipinski definition) is 0. The van der Waals surface area contributed by atoms with E-state index in [4.69, 9.17) is 9.97 Å². The molecule has 1 aromatic carbocycles. The molecule has 1 fully saturated rings. The summed E-state index contributed by atoms with van der Waals surface area (Å²) in [6.45, 7) is 3.76. The van der Waals surface area contributed by atoms with Gasteiger partial charge in [-0.05, 0) is 50.3 Å². The molecule has 166 valence electrons. The van der Waals surface area contributed by atoms with Gasteiger partial charge < -0.3 is 4.90 Å². The van der Waals surface area contributed by atoms with Gasteiger partial charge in [0, 0.05) is 31.1 Å². The second-order valence-corrected chi connectivity index (χ2v) is 11.3. The monoisotopic (exact) mass is 467 g/mol. The summed E-state index contributed by atoms with van der Waals surface area (Å²) < 4.78 is 27.9. The van der Waals surface area contributed by atoms with Crippen LogP contribution in [0.2, 0.25) is 0 Å². The Kier molecular flexibility index (Phi) is 5.61. The number of piperazine rings is 1. The van der Waals surface area contributed by atoms with E-state index >= 15 is 0 Å². The maximum absolute atomic E-state index is 13.2. The van der Waals surface area contributed by atoms with E-state index in [1.165, 1.54) is 45.5 Å². The zero-order chi connectivity index (χ0) is 22.3. The van der Waals surface area contributed by atoms with Crippen LogP contribution in [-0.4, -0.2) is 48.9 Å². The number of sulfonamides is 1. The van der Waals surface area contributed by atoms with Gasteiger partial charge in [0.1, 0.15) is 22.5 Å². The number of thiophene rings is 1. The molecule has 0 amide bonds. The van der Waals surface area contributed by atoms with Gasteiger partial charge in [-0.3, -0.25) is 0 Å². The topological polar surface area (TPSA) is 90.2 Å². The van der Waals surface area contributed by atoms with Crippen molar-refractivity contribution < 1.29 is 8.42 Å². The third-order valence-electron chi connectivity index (χ3n) is 6.32. The highest BCUT2D eigenvalue weighted by Crippen LogP contribution is 2.39. The van der Waals surface area contributed by atoms with Crippen LogP contribution in [0.4, 0.5) is 5.82 Å². The summed E-state index contributed by atoms with van der Waals surface area (Å²) >= 11 is 1.80. The van der Waals surface area contributed by atoms with Crippen LogP contribution in [0.1, 0.15) is 41.1 Å². The zero-order valence-corrected chi connectivity index (χ0v) is 19.7. The molecule has 0 atom stereocenters. The largest absolute Gasteiger partial charge is 0.353 e. The van der Waals surface area contributed by atoms with E-state index in [-0.39, 0.29) is 10.5 Å². The minimum Gasteiger partial charge on any atom is -0.353 e. The van der Waals surface area contributed by atoms with Crippen LogP contribution < -0.4 is 4.90 Å². The molecule has 32 heavy (non-hydrogen) atoms. The number of rotatable bonds is 3. The molecule has 5 rings (SSSR count). The number of hydrogen-bond acceptors (Lipinski definition) is 7. The van der Waals surface area contributed by atoms with E-state index in [0.717, 1.165) is 29.3 Å². The van der Waals surface area contributed by atoms with Crippen LogP contribution in [0.3, 0.4) is 0 Å². The first-order valence-corrected chi connectivity index (χ1v) is 13.3. The molecule has 7 nitrogen and oxygen atoms in total. The minimum atomic E-state index is -3.72. The van der Waals surface area contributed by atoms with Crippen LogP contribution in [0, 0.1) is 18.3 Å². The molecule has 2 aromatic heterocycles. The number of aromatic nitrogens is 2. The van der Waals surface area contributed by atoms with Crippen molar-refractivity contribution in [2.75, 3.05) is 31.1 Å². The number of aryl methyl sites for hydroxylation is 3. The average Bonchev–Trinajstić information content (AvgIpc) is 2.98. The minimum absolute atomic E-state index is 0.0828. The Morgan fingerprint density at radius 1 is 1.03 bits per heavy atom. The van der Waals surface area contributed by atoms with Gasteiger partial charge in [-0.1, -0.05) is 18.6 Å². The summed E-state index contributed by atoms with van der Waals surface area (Å²) in [4.78, 5) is 14.3. The van der Waals surface area contributed by atoms with Gasteiger partial charge in [-0.2, -0.15) is 9.57 Å². The van der Waals surface area contributed by atoms with Crippen molar-refractivity contribution in [2.45, 2.75) is 43.9 Å². The maximum Gasteiger partial charge on any atom is 0.244 e. The van der Waals surface area contributed by atoms with Crippen molar-refractivity contribution >= 4 is 37.4 Å². The molecule has 9 heteroatoms. The SMILES string of the molecule is Cc1nc(N2CCN(S(=O)(=O)c3ccccc3C#N)CC2)c2c3c(sc2n1)CCCCC3. The van der Waals surface area contributed by atoms with Gasteiger partial charge >= 0.3 is 0 Å². The highest BCUT2D eigenvalue weighted by atomic mass is 32.2. The van der Waals surface area contributed by atoms with Crippen molar-refractivity contribution in [3.8, 4) is 6.07 Å². The highest BCUT2D eigenvalue weighted by molar-refractivity contribution is 7.89. The van der Waals surface area contributed by atoms with Gasteiger partial charge in [0.15, 0.2) is 0 Å². The molecule has 2 aliphatic rings. The number of anilines is 1. The molecule has 0 radical (unpaired) electrons. The van der Waals surface area contributed by atoms with Gasteiger partial charge in [-0.15, -0.1) is 11.3 Å². The van der Waals surface area contributed by atoms with Gasteiger partial charge in [-0.25, -0.2) is 18.4 Å². The fraction of sp³-hybridized carbons (Fsp3) is 0.435. The van der Waals surface area contributed by atoms with Crippen LogP contribution in [0.25, 0.3) is 10.2 Å². The fourth-order valence-electron chi connectivity index (χ4n) is 4.71. The highest BCUT2D eigenvalue weighted by Gasteiger charge is 2.32. The number of nitriles is 1. The summed E-state index contributed by atoms with van der Waals surface area (Å²) in [6, 6.07) is 8.40. The second kappa shape index (κ2) is 8.43. The molecule has 0 N–H and O–H groups in total. The molecule has 0 bridgehead atoms. The molecular formula is C23H25N5O2S2. The predicted molar refractivity (Wildman–Crippen MR) is 126 cm³/mol. The van der Waals surface area contributed by atoms with Crippen LogP contribution in [0.15, 0.2) is 29.2 Å². The second-order valence-electron chi connectivity index (χ2n) is 8.34. The summed E-state index contributed by atoms with van der Waals surface area (Å²) in [5, 5.41) is 10.5. The van der Waals surface area contributed by atoms with Crippen LogP contribution in [-0.2, 0) is 22.9 Å². The summed E-state index contributed by atoms with van der Waals surface area (Å²) in [6.07, 6.45) is 5.84. The van der Waals surface area contributed by atoms with Gasteiger partial charge in [0.05, 0.1) is 15.8 Å². The molecule has 0 unspecified atom stereocenters. The lowest BCUT2D eigenvalue weighted by Crippen LogP contribution is -2.49. The normalized spacial score (nSPS) is 17.7. The first-order valence-electron chi connectivity index (χ1n) is 11.0. The average molecular weight is 468 g/mol. The number of benzene rings is 1. The first-order chi connectivity index (χ1) is 15.5. The van der Waals surface area contributed by atoms with E-state index in [1.54, 1.807) is 29.5 Å². The Bertz CT molecular complexity index is 1320. The van der Waals surface area contributed by atoms with E-state index in [2.05, 4.69) is 4.90 Å². The Balaban J connectivity index is 1.45. The van der Waals surface area contributed by atoms with Crippen molar-refractivity contribution in [3.63, 3.8) is 0 Å². The van der Waals surface area contributed by atoms with E-state index in [9.17, 15) is 13.7 Å². The summed E-state index contributed by atoms with van der Waals surface area (Å²) in [5.41, 5.74) is 1.58.